The number of aliphatic hydroxyl groups excluding tert-OH is 1. The molecule has 3 N–H and O–H groups in total. The summed E-state index contributed by atoms with van der Waals surface area (Å²) in [6.45, 7) is 7.49. The standard InChI is InChI=1S/C14H24N2O2/c1-3-16(9-10-17)8-7-12-5-6-14(18-4-2)13(15)11-12/h5-6,11,17H,3-4,7-10,15H2,1-2H3. The third-order valence-corrected chi connectivity index (χ3v) is 2.95. The van der Waals surface area contributed by atoms with E-state index in [9.17, 15) is 0 Å². The van der Waals surface area contributed by atoms with Crippen molar-refractivity contribution in [2.45, 2.75) is 20.3 Å². The van der Waals surface area contributed by atoms with Crippen molar-refractivity contribution in [3.8, 4) is 5.75 Å². The predicted octanol–water partition coefficient (Wildman–Crippen LogP) is 1.52. The lowest BCUT2D eigenvalue weighted by Gasteiger charge is -2.19. The molecule has 0 fully saturated rings. The van der Waals surface area contributed by atoms with Crippen molar-refractivity contribution >= 4 is 5.69 Å². The Morgan fingerprint density at radius 1 is 1.28 bits per heavy atom. The lowest BCUT2D eigenvalue weighted by molar-refractivity contribution is 0.203. The van der Waals surface area contributed by atoms with Gasteiger partial charge in [0, 0.05) is 13.1 Å². The average molecular weight is 252 g/mol. The summed E-state index contributed by atoms with van der Waals surface area (Å²) in [7, 11) is 0. The molecule has 0 aromatic heterocycles. The molecule has 0 aliphatic carbocycles. The van der Waals surface area contributed by atoms with Gasteiger partial charge in [-0.05, 0) is 37.6 Å². The molecule has 0 aliphatic rings. The number of hydrogen-bond acceptors (Lipinski definition) is 4. The van der Waals surface area contributed by atoms with E-state index in [0.717, 1.165) is 31.8 Å². The summed E-state index contributed by atoms with van der Waals surface area (Å²) in [5.41, 5.74) is 7.82. The van der Waals surface area contributed by atoms with Crippen LogP contribution in [0.4, 0.5) is 5.69 Å². The van der Waals surface area contributed by atoms with Gasteiger partial charge in [0.1, 0.15) is 5.75 Å². The van der Waals surface area contributed by atoms with Crippen molar-refractivity contribution in [2.24, 2.45) is 0 Å². The second kappa shape index (κ2) is 7.95. The Morgan fingerprint density at radius 3 is 2.61 bits per heavy atom. The zero-order valence-electron chi connectivity index (χ0n) is 11.4. The summed E-state index contributed by atoms with van der Waals surface area (Å²) < 4.78 is 5.41. The van der Waals surface area contributed by atoms with Gasteiger partial charge in [0.25, 0.3) is 0 Å². The molecule has 0 bridgehead atoms. The maximum atomic E-state index is 8.93. The lowest BCUT2D eigenvalue weighted by Crippen LogP contribution is -2.28. The van der Waals surface area contributed by atoms with Gasteiger partial charge in [0.15, 0.2) is 0 Å². The van der Waals surface area contributed by atoms with Crippen LogP contribution in [0.15, 0.2) is 18.2 Å². The van der Waals surface area contributed by atoms with Crippen LogP contribution in [-0.4, -0.2) is 42.9 Å². The van der Waals surface area contributed by atoms with Crippen LogP contribution in [0.3, 0.4) is 0 Å². The minimum Gasteiger partial charge on any atom is -0.492 e. The highest BCUT2D eigenvalue weighted by Gasteiger charge is 2.04. The molecule has 0 saturated carbocycles. The molecular weight excluding hydrogens is 228 g/mol. The number of rotatable bonds is 8. The van der Waals surface area contributed by atoms with Crippen LogP contribution in [-0.2, 0) is 6.42 Å². The molecule has 0 saturated heterocycles. The minimum absolute atomic E-state index is 0.208. The molecule has 1 aromatic carbocycles. The summed E-state index contributed by atoms with van der Waals surface area (Å²) in [6, 6.07) is 5.95. The molecule has 4 nitrogen and oxygen atoms in total. The zero-order chi connectivity index (χ0) is 13.4. The second-order valence-electron chi connectivity index (χ2n) is 4.21. The first-order chi connectivity index (χ1) is 8.71. The van der Waals surface area contributed by atoms with Gasteiger partial charge in [0.2, 0.25) is 0 Å². The van der Waals surface area contributed by atoms with Crippen LogP contribution in [0.25, 0.3) is 0 Å². The maximum Gasteiger partial charge on any atom is 0.142 e. The molecule has 1 rings (SSSR count). The number of aliphatic hydroxyl groups is 1. The number of likely N-dealkylation sites (N-methyl/N-ethyl adjacent to an activating group) is 1. The highest BCUT2D eigenvalue weighted by molar-refractivity contribution is 5.54. The van der Waals surface area contributed by atoms with E-state index < -0.39 is 0 Å². The van der Waals surface area contributed by atoms with E-state index in [4.69, 9.17) is 15.6 Å². The Morgan fingerprint density at radius 2 is 2.06 bits per heavy atom. The Bertz CT molecular complexity index is 356. The van der Waals surface area contributed by atoms with Crippen LogP contribution in [0, 0.1) is 0 Å². The third-order valence-electron chi connectivity index (χ3n) is 2.95. The topological polar surface area (TPSA) is 58.7 Å². The van der Waals surface area contributed by atoms with E-state index in [1.54, 1.807) is 0 Å². The largest absolute Gasteiger partial charge is 0.492 e. The lowest BCUT2D eigenvalue weighted by atomic mass is 10.1. The number of hydrogen-bond donors (Lipinski definition) is 2. The molecule has 0 amide bonds. The number of nitrogens with two attached hydrogens (primary N) is 1. The first-order valence-electron chi connectivity index (χ1n) is 6.55. The van der Waals surface area contributed by atoms with Crippen LogP contribution >= 0.6 is 0 Å². The second-order valence-corrected chi connectivity index (χ2v) is 4.21. The monoisotopic (exact) mass is 252 g/mol. The third kappa shape index (κ3) is 4.55. The van der Waals surface area contributed by atoms with Gasteiger partial charge in [-0.25, -0.2) is 0 Å². The predicted molar refractivity (Wildman–Crippen MR) is 74.9 cm³/mol. The van der Waals surface area contributed by atoms with Gasteiger partial charge in [-0.3, -0.25) is 0 Å². The molecule has 1 aromatic rings. The number of nitrogen functional groups attached to an aromatic ring is 1. The van der Waals surface area contributed by atoms with Crippen molar-refractivity contribution in [1.82, 2.24) is 4.90 Å². The fraction of sp³-hybridized carbons (Fsp3) is 0.571. The maximum absolute atomic E-state index is 8.93. The average Bonchev–Trinajstić information content (AvgIpc) is 2.37. The van der Waals surface area contributed by atoms with Crippen molar-refractivity contribution in [1.29, 1.82) is 0 Å². The van der Waals surface area contributed by atoms with Crippen LogP contribution in [0.2, 0.25) is 0 Å². The smallest absolute Gasteiger partial charge is 0.142 e. The normalized spacial score (nSPS) is 10.9. The number of ether oxygens (including phenoxy) is 1. The van der Waals surface area contributed by atoms with Crippen LogP contribution in [0.1, 0.15) is 19.4 Å². The summed E-state index contributed by atoms with van der Waals surface area (Å²) >= 11 is 0. The SMILES string of the molecule is CCOc1ccc(CCN(CC)CCO)cc1N. The first-order valence-corrected chi connectivity index (χ1v) is 6.55. The van der Waals surface area contributed by atoms with E-state index in [-0.39, 0.29) is 6.61 Å². The highest BCUT2D eigenvalue weighted by atomic mass is 16.5. The van der Waals surface area contributed by atoms with E-state index in [1.165, 1.54) is 5.56 Å². The van der Waals surface area contributed by atoms with E-state index in [1.807, 2.05) is 25.1 Å². The number of benzene rings is 1. The fourth-order valence-electron chi connectivity index (χ4n) is 1.90. The molecule has 0 unspecified atom stereocenters. The Labute approximate surface area is 109 Å². The van der Waals surface area contributed by atoms with E-state index >= 15 is 0 Å². The van der Waals surface area contributed by atoms with Gasteiger partial charge in [-0.2, -0.15) is 0 Å². The molecule has 0 atom stereocenters. The molecule has 102 valence electrons. The Hall–Kier alpha value is -1.26. The number of nitrogens with zero attached hydrogens (tertiary/aromatic N) is 1. The van der Waals surface area contributed by atoms with Gasteiger partial charge in [0.05, 0.1) is 18.9 Å². The minimum atomic E-state index is 0.208. The van der Waals surface area contributed by atoms with Crippen LogP contribution < -0.4 is 10.5 Å². The summed E-state index contributed by atoms with van der Waals surface area (Å²) in [5.74, 6) is 0.754. The molecule has 0 radical (unpaired) electrons. The molecular formula is C14H24N2O2. The summed E-state index contributed by atoms with van der Waals surface area (Å²) in [4.78, 5) is 2.21. The number of anilines is 1. The van der Waals surface area contributed by atoms with Crippen molar-refractivity contribution < 1.29 is 9.84 Å². The van der Waals surface area contributed by atoms with E-state index in [0.29, 0.717) is 12.3 Å². The van der Waals surface area contributed by atoms with Crippen molar-refractivity contribution in [3.05, 3.63) is 23.8 Å². The molecule has 0 aliphatic heterocycles. The molecule has 18 heavy (non-hydrogen) atoms. The van der Waals surface area contributed by atoms with Gasteiger partial charge in [-0.1, -0.05) is 13.0 Å². The quantitative estimate of drug-likeness (QED) is 0.689. The van der Waals surface area contributed by atoms with Crippen LogP contribution in [0.5, 0.6) is 5.75 Å². The highest BCUT2D eigenvalue weighted by Crippen LogP contribution is 2.22. The van der Waals surface area contributed by atoms with E-state index in [2.05, 4.69) is 11.8 Å². The fourth-order valence-corrected chi connectivity index (χ4v) is 1.90. The molecule has 4 heteroatoms. The van der Waals surface area contributed by atoms with Gasteiger partial charge >= 0.3 is 0 Å². The van der Waals surface area contributed by atoms with Gasteiger partial charge in [-0.15, -0.1) is 0 Å². The summed E-state index contributed by atoms with van der Waals surface area (Å²) in [5, 5.41) is 8.93. The zero-order valence-corrected chi connectivity index (χ0v) is 11.4. The molecule has 0 heterocycles. The first kappa shape index (κ1) is 14.8. The van der Waals surface area contributed by atoms with Crippen molar-refractivity contribution in [3.63, 3.8) is 0 Å². The van der Waals surface area contributed by atoms with Gasteiger partial charge < -0.3 is 20.5 Å². The Kier molecular flexibility index (Phi) is 6.54. The Balaban J connectivity index is 2.54. The van der Waals surface area contributed by atoms with Crippen molar-refractivity contribution in [2.75, 3.05) is 38.6 Å². The molecule has 0 spiro atoms. The summed E-state index contributed by atoms with van der Waals surface area (Å²) in [6.07, 6.45) is 0.935.